The van der Waals surface area contributed by atoms with Crippen molar-refractivity contribution in [1.29, 1.82) is 0 Å². The zero-order valence-corrected chi connectivity index (χ0v) is 10.7. The van der Waals surface area contributed by atoms with Gasteiger partial charge in [0.25, 0.3) is 5.97 Å². The summed E-state index contributed by atoms with van der Waals surface area (Å²) in [5, 5.41) is 12.1. The van der Waals surface area contributed by atoms with Gasteiger partial charge in [-0.25, -0.2) is 0 Å². The Balaban J connectivity index is 0.000000278. The molecule has 0 atom stereocenters. The third-order valence-corrected chi connectivity index (χ3v) is 1.26. The molecule has 100 valence electrons. The number of fused-ring (bicyclic) bond motifs is 1. The minimum atomic E-state index is -4.19. The van der Waals surface area contributed by atoms with Gasteiger partial charge in [-0.05, 0) is 12.1 Å². The molecule has 0 unspecified atom stereocenters. The molecular weight excluding hydrogens is 286 g/mol. The minimum absolute atomic E-state index is 0.833. The molecule has 0 bridgehead atoms. The molecule has 0 amide bonds. The standard InChI is InChI=1S/C7H5NO.C2H4O2.ClHO3S/c1-2-4-7-6(3-1)5-8-9-7;1-2(3)4;1-5(2,3)4/h1-5H;1H3,(H,3,4);(H,2,3,4). The number of nitrogens with zero attached hydrogens (tertiary/aromatic N) is 1. The van der Waals surface area contributed by atoms with Crippen molar-refractivity contribution in [1.82, 2.24) is 5.16 Å². The van der Waals surface area contributed by atoms with E-state index >= 15 is 0 Å². The first kappa shape index (κ1) is 16.4. The topological polar surface area (TPSA) is 118 Å². The van der Waals surface area contributed by atoms with E-state index in [1.165, 1.54) is 0 Å². The van der Waals surface area contributed by atoms with Crippen LogP contribution >= 0.6 is 10.7 Å². The van der Waals surface area contributed by atoms with E-state index < -0.39 is 15.3 Å². The third kappa shape index (κ3) is 10.9. The van der Waals surface area contributed by atoms with E-state index in [9.17, 15) is 0 Å². The number of carboxylic acids is 1. The molecule has 0 saturated heterocycles. The molecule has 1 aromatic carbocycles. The molecule has 1 aromatic heterocycles. The Morgan fingerprint density at radius 3 is 2.28 bits per heavy atom. The highest BCUT2D eigenvalue weighted by Gasteiger charge is 1.91. The maximum absolute atomic E-state index is 9.00. The molecule has 0 aliphatic heterocycles. The summed E-state index contributed by atoms with van der Waals surface area (Å²) >= 11 is 0. The number of aliphatic carboxylic acids is 1. The van der Waals surface area contributed by atoms with Crippen LogP contribution in [-0.2, 0) is 14.1 Å². The van der Waals surface area contributed by atoms with Gasteiger partial charge in [-0.15, -0.1) is 0 Å². The van der Waals surface area contributed by atoms with E-state index in [-0.39, 0.29) is 0 Å². The summed E-state index contributed by atoms with van der Waals surface area (Å²) in [4.78, 5) is 9.00. The number of carbonyl (C=O) groups is 1. The Morgan fingerprint density at radius 1 is 1.39 bits per heavy atom. The van der Waals surface area contributed by atoms with Gasteiger partial charge in [0.1, 0.15) is 0 Å². The molecule has 0 aliphatic rings. The summed E-state index contributed by atoms with van der Waals surface area (Å²) in [5.74, 6) is -0.833. The van der Waals surface area contributed by atoms with E-state index in [1.54, 1.807) is 6.20 Å². The van der Waals surface area contributed by atoms with Gasteiger partial charge in [0.2, 0.25) is 0 Å². The number of para-hydroxylation sites is 1. The van der Waals surface area contributed by atoms with Gasteiger partial charge in [0.05, 0.1) is 6.20 Å². The molecule has 7 nitrogen and oxygen atoms in total. The summed E-state index contributed by atoms with van der Waals surface area (Å²) in [7, 11) is -0.137. The largest absolute Gasteiger partial charge is 0.481 e. The summed E-state index contributed by atoms with van der Waals surface area (Å²) in [6.07, 6.45) is 1.70. The molecule has 0 spiro atoms. The number of carboxylic acid groups (broad SMARTS) is 1. The molecule has 9 heteroatoms. The summed E-state index contributed by atoms with van der Waals surface area (Å²) < 4.78 is 30.0. The fourth-order valence-electron chi connectivity index (χ4n) is 0.810. The second-order valence-electron chi connectivity index (χ2n) is 2.79. The predicted molar refractivity (Wildman–Crippen MR) is 64.7 cm³/mol. The minimum Gasteiger partial charge on any atom is -0.481 e. The molecule has 0 radical (unpaired) electrons. The van der Waals surface area contributed by atoms with Crippen LogP contribution in [0, 0.1) is 0 Å². The molecule has 0 saturated carbocycles. The highest BCUT2D eigenvalue weighted by atomic mass is 35.7. The van der Waals surface area contributed by atoms with E-state index in [4.69, 9.17) is 27.4 Å². The second-order valence-corrected chi connectivity index (χ2v) is 4.79. The lowest BCUT2D eigenvalue weighted by molar-refractivity contribution is -0.134. The first-order valence-electron chi connectivity index (χ1n) is 4.36. The van der Waals surface area contributed by atoms with E-state index in [0.717, 1.165) is 17.9 Å². The maximum atomic E-state index is 9.00. The van der Waals surface area contributed by atoms with Gasteiger partial charge in [0.15, 0.2) is 5.58 Å². The van der Waals surface area contributed by atoms with E-state index in [0.29, 0.717) is 0 Å². The van der Waals surface area contributed by atoms with Crippen molar-refractivity contribution in [3.8, 4) is 0 Å². The summed E-state index contributed by atoms with van der Waals surface area (Å²) in [6.45, 7) is 1.08. The van der Waals surface area contributed by atoms with Crippen LogP contribution in [0.5, 0.6) is 0 Å². The Kier molecular flexibility index (Phi) is 6.94. The Morgan fingerprint density at radius 2 is 1.83 bits per heavy atom. The van der Waals surface area contributed by atoms with E-state index in [1.807, 2.05) is 24.3 Å². The lowest BCUT2D eigenvalue weighted by Gasteiger charge is -1.78. The summed E-state index contributed by atoms with van der Waals surface area (Å²) in [5.41, 5.74) is 0.845. The van der Waals surface area contributed by atoms with Crippen molar-refractivity contribution >= 4 is 37.0 Å². The number of aromatic nitrogens is 1. The van der Waals surface area contributed by atoms with Crippen molar-refractivity contribution in [3.05, 3.63) is 30.5 Å². The first-order chi connectivity index (χ1) is 8.20. The van der Waals surface area contributed by atoms with Crippen molar-refractivity contribution in [2.24, 2.45) is 0 Å². The fraction of sp³-hybridized carbons (Fsp3) is 0.111. The zero-order chi connectivity index (χ0) is 14.2. The van der Waals surface area contributed by atoms with E-state index in [2.05, 4.69) is 15.8 Å². The van der Waals surface area contributed by atoms with Crippen molar-refractivity contribution in [2.75, 3.05) is 0 Å². The number of hydrogen-bond donors (Lipinski definition) is 2. The maximum Gasteiger partial charge on any atom is 0.353 e. The number of rotatable bonds is 0. The van der Waals surface area contributed by atoms with Crippen LogP contribution in [-0.4, -0.2) is 29.2 Å². The van der Waals surface area contributed by atoms with Crippen LogP contribution in [0.25, 0.3) is 11.0 Å². The van der Waals surface area contributed by atoms with Gasteiger partial charge in [0, 0.05) is 23.0 Å². The SMILES string of the molecule is CC(=O)O.O=S(=O)(O)Cl.c1ccc2oncc2c1. The molecule has 2 N–H and O–H groups in total. The molecule has 18 heavy (non-hydrogen) atoms. The van der Waals surface area contributed by atoms with Crippen LogP contribution in [0.1, 0.15) is 6.92 Å². The quantitative estimate of drug-likeness (QED) is 0.563. The van der Waals surface area contributed by atoms with Gasteiger partial charge in [-0.1, -0.05) is 17.3 Å². The van der Waals surface area contributed by atoms with Crippen LogP contribution in [0.2, 0.25) is 0 Å². The predicted octanol–water partition coefficient (Wildman–Crippen LogP) is 1.95. The number of benzene rings is 1. The monoisotopic (exact) mass is 295 g/mol. The first-order valence-corrected chi connectivity index (χ1v) is 6.63. The average Bonchev–Trinajstić information content (AvgIpc) is 2.61. The third-order valence-electron chi connectivity index (χ3n) is 1.26. The Bertz CT molecular complexity index is 552. The van der Waals surface area contributed by atoms with Gasteiger partial charge in [-0.2, -0.15) is 8.42 Å². The molecule has 0 fully saturated rings. The van der Waals surface area contributed by atoms with Crippen molar-refractivity contribution < 1.29 is 27.4 Å². The molecule has 0 aliphatic carbocycles. The fourth-order valence-corrected chi connectivity index (χ4v) is 0.810. The van der Waals surface area contributed by atoms with Crippen LogP contribution in [0.3, 0.4) is 0 Å². The molecule has 2 rings (SSSR count). The smallest absolute Gasteiger partial charge is 0.353 e. The summed E-state index contributed by atoms with van der Waals surface area (Å²) in [6, 6.07) is 7.74. The van der Waals surface area contributed by atoms with Crippen LogP contribution < -0.4 is 0 Å². The molecular formula is C9H10ClNO6S. The van der Waals surface area contributed by atoms with Crippen LogP contribution in [0.15, 0.2) is 35.0 Å². The highest BCUT2D eigenvalue weighted by molar-refractivity contribution is 8.09. The lowest BCUT2D eigenvalue weighted by atomic mass is 10.3. The average molecular weight is 296 g/mol. The highest BCUT2D eigenvalue weighted by Crippen LogP contribution is 2.10. The van der Waals surface area contributed by atoms with Gasteiger partial charge < -0.3 is 9.63 Å². The second kappa shape index (κ2) is 7.64. The number of hydrogen-bond acceptors (Lipinski definition) is 5. The lowest BCUT2D eigenvalue weighted by Crippen LogP contribution is -1.78. The van der Waals surface area contributed by atoms with Gasteiger partial charge in [-0.3, -0.25) is 9.35 Å². The normalized spacial score (nSPS) is 9.72. The number of halogens is 1. The van der Waals surface area contributed by atoms with Crippen molar-refractivity contribution in [2.45, 2.75) is 6.92 Å². The molecule has 2 aromatic rings. The Hall–Kier alpha value is -1.64. The zero-order valence-electron chi connectivity index (χ0n) is 9.15. The van der Waals surface area contributed by atoms with Crippen LogP contribution in [0.4, 0.5) is 0 Å². The Labute approximate surface area is 107 Å². The van der Waals surface area contributed by atoms with Crippen molar-refractivity contribution in [3.63, 3.8) is 0 Å². The molecule has 1 heterocycles. The van der Waals surface area contributed by atoms with Gasteiger partial charge >= 0.3 is 9.33 Å².